The molecule has 0 heterocycles. The molecule has 1 aliphatic carbocycles. The van der Waals surface area contributed by atoms with Gasteiger partial charge in [-0.1, -0.05) is 20.3 Å². The number of rotatable bonds is 6. The third kappa shape index (κ3) is 2.29. The van der Waals surface area contributed by atoms with Gasteiger partial charge in [-0.2, -0.15) is 0 Å². The first-order chi connectivity index (χ1) is 6.68. The summed E-state index contributed by atoms with van der Waals surface area (Å²) >= 11 is 0. The van der Waals surface area contributed by atoms with Gasteiger partial charge in [-0.05, 0) is 38.6 Å². The van der Waals surface area contributed by atoms with E-state index < -0.39 is 0 Å². The second-order valence-electron chi connectivity index (χ2n) is 4.60. The Morgan fingerprint density at radius 2 is 2.07 bits per heavy atom. The molecule has 1 N–H and O–H groups in total. The van der Waals surface area contributed by atoms with E-state index in [2.05, 4.69) is 26.1 Å². The minimum atomic E-state index is 0.0150. The zero-order valence-electron chi connectivity index (χ0n) is 10.1. The molecule has 84 valence electrons. The Balaban J connectivity index is 2.63. The van der Waals surface area contributed by atoms with E-state index in [9.17, 15) is 0 Å². The van der Waals surface area contributed by atoms with Gasteiger partial charge in [0.15, 0.2) is 0 Å². The van der Waals surface area contributed by atoms with Crippen LogP contribution in [0.4, 0.5) is 0 Å². The Kier molecular flexibility index (Phi) is 4.39. The van der Waals surface area contributed by atoms with Crippen LogP contribution in [0.25, 0.3) is 0 Å². The summed E-state index contributed by atoms with van der Waals surface area (Å²) in [5.41, 5.74) is 0.0150. The second-order valence-corrected chi connectivity index (χ2v) is 4.60. The number of likely N-dealkylation sites (N-methyl/N-ethyl adjacent to an activating group) is 1. The van der Waals surface area contributed by atoms with E-state index >= 15 is 0 Å². The molecule has 1 fully saturated rings. The van der Waals surface area contributed by atoms with Crippen molar-refractivity contribution in [1.29, 1.82) is 0 Å². The molecule has 0 aromatic rings. The van der Waals surface area contributed by atoms with Crippen LogP contribution < -0.4 is 5.32 Å². The van der Waals surface area contributed by atoms with Crippen molar-refractivity contribution in [3.05, 3.63) is 0 Å². The van der Waals surface area contributed by atoms with E-state index in [-0.39, 0.29) is 5.60 Å². The number of ether oxygens (including phenoxy) is 1. The minimum Gasteiger partial charge on any atom is -0.377 e. The summed E-state index contributed by atoms with van der Waals surface area (Å²) < 4.78 is 5.70. The topological polar surface area (TPSA) is 21.3 Å². The fourth-order valence-electron chi connectivity index (χ4n) is 2.37. The Bertz CT molecular complexity index is 162. The predicted octanol–water partition coefficient (Wildman–Crippen LogP) is 2.58. The van der Waals surface area contributed by atoms with Crippen molar-refractivity contribution in [1.82, 2.24) is 5.32 Å². The molecule has 2 unspecified atom stereocenters. The average Bonchev–Trinajstić information content (AvgIpc) is 2.13. The molecule has 2 heteroatoms. The lowest BCUT2D eigenvalue weighted by atomic mass is 9.72. The first-order valence-electron chi connectivity index (χ1n) is 5.96. The van der Waals surface area contributed by atoms with Crippen LogP contribution in [0.2, 0.25) is 0 Å². The molecule has 0 aliphatic heterocycles. The highest BCUT2D eigenvalue weighted by Gasteiger charge is 2.39. The fraction of sp³-hybridized carbons (Fsp3) is 1.00. The van der Waals surface area contributed by atoms with Gasteiger partial charge < -0.3 is 10.1 Å². The van der Waals surface area contributed by atoms with E-state index in [1.807, 2.05) is 7.11 Å². The van der Waals surface area contributed by atoms with Crippen LogP contribution in [-0.4, -0.2) is 25.3 Å². The molecule has 0 radical (unpaired) electrons. The minimum absolute atomic E-state index is 0.0150. The maximum atomic E-state index is 5.70. The summed E-state index contributed by atoms with van der Waals surface area (Å²) in [4.78, 5) is 0. The molecule has 0 aromatic carbocycles. The van der Waals surface area contributed by atoms with Gasteiger partial charge in [0.25, 0.3) is 0 Å². The van der Waals surface area contributed by atoms with Crippen LogP contribution in [0.3, 0.4) is 0 Å². The van der Waals surface area contributed by atoms with E-state index in [4.69, 9.17) is 4.74 Å². The first-order valence-corrected chi connectivity index (χ1v) is 5.96. The molecule has 2 nitrogen and oxygen atoms in total. The number of hydrogen-bond acceptors (Lipinski definition) is 2. The zero-order valence-corrected chi connectivity index (χ0v) is 10.1. The number of methoxy groups -OCH3 is 1. The van der Waals surface area contributed by atoms with Gasteiger partial charge in [0.1, 0.15) is 0 Å². The van der Waals surface area contributed by atoms with Gasteiger partial charge in [0.2, 0.25) is 0 Å². The highest BCUT2D eigenvalue weighted by Crippen LogP contribution is 2.36. The third-order valence-electron chi connectivity index (χ3n) is 3.87. The summed E-state index contributed by atoms with van der Waals surface area (Å²) in [6, 6.07) is 0.538. The summed E-state index contributed by atoms with van der Waals surface area (Å²) in [6.07, 6.45) is 5.22. The van der Waals surface area contributed by atoms with Crippen molar-refractivity contribution in [2.24, 2.45) is 5.92 Å². The molecule has 0 aromatic heterocycles. The lowest BCUT2D eigenvalue weighted by Gasteiger charge is -2.44. The Hall–Kier alpha value is -0.0800. The van der Waals surface area contributed by atoms with Gasteiger partial charge in [-0.15, -0.1) is 0 Å². The normalized spacial score (nSPS) is 24.0. The molecule has 14 heavy (non-hydrogen) atoms. The van der Waals surface area contributed by atoms with E-state index in [1.165, 1.54) is 19.3 Å². The van der Waals surface area contributed by atoms with Crippen LogP contribution in [0.15, 0.2) is 0 Å². The lowest BCUT2D eigenvalue weighted by Crippen LogP contribution is -2.55. The smallest absolute Gasteiger partial charge is 0.0803 e. The molecule has 1 saturated carbocycles. The summed E-state index contributed by atoms with van der Waals surface area (Å²) in [7, 11) is 1.84. The van der Waals surface area contributed by atoms with Gasteiger partial charge in [-0.25, -0.2) is 0 Å². The molecule has 0 bridgehead atoms. The highest BCUT2D eigenvalue weighted by molar-refractivity contribution is 4.95. The molecule has 0 spiro atoms. The van der Waals surface area contributed by atoms with Crippen LogP contribution in [0, 0.1) is 5.92 Å². The quantitative estimate of drug-likeness (QED) is 0.710. The second kappa shape index (κ2) is 5.13. The number of nitrogens with one attached hydrogen (secondary N) is 1. The van der Waals surface area contributed by atoms with Gasteiger partial charge >= 0.3 is 0 Å². The molecule has 0 amide bonds. The maximum Gasteiger partial charge on any atom is 0.0803 e. The van der Waals surface area contributed by atoms with Crippen LogP contribution in [0.5, 0.6) is 0 Å². The summed E-state index contributed by atoms with van der Waals surface area (Å²) in [5, 5.41) is 3.60. The summed E-state index contributed by atoms with van der Waals surface area (Å²) in [6.45, 7) is 7.67. The molecular formula is C12H25NO. The Morgan fingerprint density at radius 3 is 2.36 bits per heavy atom. The molecular weight excluding hydrogens is 174 g/mol. The van der Waals surface area contributed by atoms with Gasteiger partial charge in [0.05, 0.1) is 5.60 Å². The van der Waals surface area contributed by atoms with E-state index in [0.29, 0.717) is 6.04 Å². The van der Waals surface area contributed by atoms with E-state index in [0.717, 1.165) is 18.9 Å². The SMILES string of the molecule is CCNC(C1CCC1)C(C)(CC)OC. The Morgan fingerprint density at radius 1 is 1.43 bits per heavy atom. The molecule has 1 rings (SSSR count). The van der Waals surface area contributed by atoms with Crippen molar-refractivity contribution >= 4 is 0 Å². The zero-order chi connectivity index (χ0) is 10.6. The highest BCUT2D eigenvalue weighted by atomic mass is 16.5. The van der Waals surface area contributed by atoms with Gasteiger partial charge in [0, 0.05) is 13.2 Å². The Labute approximate surface area is 88.4 Å². The maximum absolute atomic E-state index is 5.70. The molecule has 1 aliphatic rings. The average molecular weight is 199 g/mol. The third-order valence-corrected chi connectivity index (χ3v) is 3.87. The van der Waals surface area contributed by atoms with Crippen molar-refractivity contribution in [2.45, 2.75) is 58.1 Å². The predicted molar refractivity (Wildman–Crippen MR) is 60.5 cm³/mol. The van der Waals surface area contributed by atoms with Crippen LogP contribution >= 0.6 is 0 Å². The largest absolute Gasteiger partial charge is 0.377 e. The molecule has 0 saturated heterocycles. The van der Waals surface area contributed by atoms with Crippen molar-refractivity contribution in [2.75, 3.05) is 13.7 Å². The van der Waals surface area contributed by atoms with Crippen molar-refractivity contribution in [3.63, 3.8) is 0 Å². The fourth-order valence-corrected chi connectivity index (χ4v) is 2.37. The van der Waals surface area contributed by atoms with Crippen molar-refractivity contribution < 1.29 is 4.74 Å². The standard InChI is InChI=1S/C12H25NO/c1-5-12(3,14-4)11(13-6-2)10-8-7-9-10/h10-11,13H,5-9H2,1-4H3. The van der Waals surface area contributed by atoms with E-state index in [1.54, 1.807) is 0 Å². The first kappa shape index (κ1) is 12.0. The van der Waals surface area contributed by atoms with Crippen LogP contribution in [0.1, 0.15) is 46.5 Å². The lowest BCUT2D eigenvalue weighted by molar-refractivity contribution is -0.0558. The summed E-state index contributed by atoms with van der Waals surface area (Å²) in [5.74, 6) is 0.833. The number of hydrogen-bond donors (Lipinski definition) is 1. The van der Waals surface area contributed by atoms with Crippen LogP contribution in [-0.2, 0) is 4.74 Å². The monoisotopic (exact) mass is 199 g/mol. The van der Waals surface area contributed by atoms with Crippen molar-refractivity contribution in [3.8, 4) is 0 Å². The van der Waals surface area contributed by atoms with Gasteiger partial charge in [-0.3, -0.25) is 0 Å². The molecule has 2 atom stereocenters.